The summed E-state index contributed by atoms with van der Waals surface area (Å²) in [7, 11) is 0. The molecule has 2 rings (SSSR count). The van der Waals surface area contributed by atoms with Crippen LogP contribution in [-0.4, -0.2) is 38.3 Å². The molecule has 130 valence electrons. The average molecular weight is 341 g/mol. The Balaban J connectivity index is 2.08. The van der Waals surface area contributed by atoms with E-state index in [0.29, 0.717) is 0 Å². The number of amides is 1. The maximum absolute atomic E-state index is 12.6. The van der Waals surface area contributed by atoms with Crippen LogP contribution in [0.2, 0.25) is 0 Å². The van der Waals surface area contributed by atoms with Crippen LogP contribution in [-0.2, 0) is 24.1 Å². The SMILES string of the molecule is CC(O)CN(Cc1ccccc1)C(=O)Cn1ccc(C(F)(F)F)n1. The predicted octanol–water partition coefficient (Wildman–Crippen LogP) is 2.31. The van der Waals surface area contributed by atoms with Gasteiger partial charge in [0.05, 0.1) is 6.10 Å². The first kappa shape index (κ1) is 18.0. The number of rotatable bonds is 6. The second-order valence-electron chi connectivity index (χ2n) is 5.51. The van der Waals surface area contributed by atoms with E-state index in [1.807, 2.05) is 30.3 Å². The van der Waals surface area contributed by atoms with Gasteiger partial charge < -0.3 is 10.0 Å². The summed E-state index contributed by atoms with van der Waals surface area (Å²) in [5.41, 5.74) is -0.177. The van der Waals surface area contributed by atoms with E-state index in [-0.39, 0.29) is 19.6 Å². The van der Waals surface area contributed by atoms with E-state index in [4.69, 9.17) is 0 Å². The highest BCUT2D eigenvalue weighted by Gasteiger charge is 2.33. The first-order chi connectivity index (χ1) is 11.3. The van der Waals surface area contributed by atoms with Gasteiger partial charge in [0.15, 0.2) is 5.69 Å². The molecule has 1 aromatic heterocycles. The van der Waals surface area contributed by atoms with E-state index in [1.165, 1.54) is 4.90 Å². The molecule has 0 aliphatic rings. The number of aromatic nitrogens is 2. The van der Waals surface area contributed by atoms with Gasteiger partial charge in [0.2, 0.25) is 5.91 Å². The largest absolute Gasteiger partial charge is 0.435 e. The van der Waals surface area contributed by atoms with Crippen LogP contribution in [0.3, 0.4) is 0 Å². The summed E-state index contributed by atoms with van der Waals surface area (Å²) in [5.74, 6) is -0.420. The Morgan fingerprint density at radius 2 is 1.96 bits per heavy atom. The summed E-state index contributed by atoms with van der Waals surface area (Å²) in [4.78, 5) is 13.8. The monoisotopic (exact) mass is 341 g/mol. The third kappa shape index (κ3) is 5.09. The lowest BCUT2D eigenvalue weighted by molar-refractivity contribution is -0.142. The lowest BCUT2D eigenvalue weighted by atomic mass is 10.2. The van der Waals surface area contributed by atoms with Gasteiger partial charge in [-0.05, 0) is 18.6 Å². The molecule has 0 aliphatic heterocycles. The molecule has 2 aromatic rings. The Morgan fingerprint density at radius 1 is 1.29 bits per heavy atom. The average Bonchev–Trinajstić information content (AvgIpc) is 2.96. The van der Waals surface area contributed by atoms with Crippen LogP contribution in [0, 0.1) is 0 Å². The second kappa shape index (κ2) is 7.48. The van der Waals surface area contributed by atoms with Crippen molar-refractivity contribution in [2.24, 2.45) is 0 Å². The number of aliphatic hydroxyl groups excluding tert-OH is 1. The van der Waals surface area contributed by atoms with E-state index in [0.717, 1.165) is 22.5 Å². The van der Waals surface area contributed by atoms with Crippen LogP contribution in [0.4, 0.5) is 13.2 Å². The van der Waals surface area contributed by atoms with Gasteiger partial charge >= 0.3 is 6.18 Å². The van der Waals surface area contributed by atoms with Crippen molar-refractivity contribution in [2.45, 2.75) is 32.3 Å². The van der Waals surface area contributed by atoms with E-state index >= 15 is 0 Å². The van der Waals surface area contributed by atoms with E-state index in [9.17, 15) is 23.1 Å². The molecule has 1 unspecified atom stereocenters. The number of halogens is 3. The molecule has 5 nitrogen and oxygen atoms in total. The van der Waals surface area contributed by atoms with Crippen molar-refractivity contribution in [2.75, 3.05) is 6.54 Å². The molecule has 0 saturated heterocycles. The first-order valence-corrected chi connectivity index (χ1v) is 7.36. The number of benzene rings is 1. The maximum atomic E-state index is 12.6. The van der Waals surface area contributed by atoms with Gasteiger partial charge in [-0.1, -0.05) is 30.3 Å². The molecule has 0 radical (unpaired) electrons. The highest BCUT2D eigenvalue weighted by atomic mass is 19.4. The Labute approximate surface area is 137 Å². The molecule has 1 atom stereocenters. The molecule has 0 bridgehead atoms. The van der Waals surface area contributed by atoms with Crippen LogP contribution in [0.1, 0.15) is 18.2 Å². The lowest BCUT2D eigenvalue weighted by Gasteiger charge is -2.24. The number of aliphatic hydroxyl groups is 1. The highest BCUT2D eigenvalue weighted by molar-refractivity contribution is 5.76. The number of carbonyl (C=O) groups is 1. The Morgan fingerprint density at radius 3 is 2.50 bits per heavy atom. The Bertz CT molecular complexity index is 669. The summed E-state index contributed by atoms with van der Waals surface area (Å²) >= 11 is 0. The predicted molar refractivity (Wildman–Crippen MR) is 80.8 cm³/mol. The van der Waals surface area contributed by atoms with E-state index < -0.39 is 23.9 Å². The van der Waals surface area contributed by atoms with Crippen molar-refractivity contribution in [3.63, 3.8) is 0 Å². The molecule has 0 aliphatic carbocycles. The van der Waals surface area contributed by atoms with Gasteiger partial charge in [-0.25, -0.2) is 0 Å². The van der Waals surface area contributed by atoms with Gasteiger partial charge in [-0.15, -0.1) is 0 Å². The zero-order valence-corrected chi connectivity index (χ0v) is 13.1. The number of carbonyl (C=O) groups excluding carboxylic acids is 1. The molecule has 8 heteroatoms. The zero-order chi connectivity index (χ0) is 17.7. The maximum Gasteiger partial charge on any atom is 0.435 e. The summed E-state index contributed by atoms with van der Waals surface area (Å²) in [5, 5.41) is 12.9. The van der Waals surface area contributed by atoms with Crippen LogP contribution in [0.25, 0.3) is 0 Å². The van der Waals surface area contributed by atoms with Crippen LogP contribution in [0.5, 0.6) is 0 Å². The highest BCUT2D eigenvalue weighted by Crippen LogP contribution is 2.27. The van der Waals surface area contributed by atoms with Crippen molar-refractivity contribution < 1.29 is 23.1 Å². The van der Waals surface area contributed by atoms with Crippen molar-refractivity contribution in [1.29, 1.82) is 0 Å². The molecule has 1 heterocycles. The molecular weight excluding hydrogens is 323 g/mol. The number of hydrogen-bond acceptors (Lipinski definition) is 3. The van der Waals surface area contributed by atoms with Gasteiger partial charge in [-0.2, -0.15) is 18.3 Å². The zero-order valence-electron chi connectivity index (χ0n) is 13.1. The third-order valence-corrected chi connectivity index (χ3v) is 3.28. The topological polar surface area (TPSA) is 58.4 Å². The fraction of sp³-hybridized carbons (Fsp3) is 0.375. The normalized spacial score (nSPS) is 12.9. The third-order valence-electron chi connectivity index (χ3n) is 3.28. The van der Waals surface area contributed by atoms with Crippen molar-refractivity contribution in [3.05, 3.63) is 53.9 Å². The van der Waals surface area contributed by atoms with E-state index in [1.54, 1.807) is 6.92 Å². The molecule has 0 fully saturated rings. The van der Waals surface area contributed by atoms with Crippen LogP contribution in [0.15, 0.2) is 42.6 Å². The Kier molecular flexibility index (Phi) is 5.61. The molecule has 1 aromatic carbocycles. The molecular formula is C16H18F3N3O2. The van der Waals surface area contributed by atoms with Crippen LogP contribution >= 0.6 is 0 Å². The van der Waals surface area contributed by atoms with Crippen molar-refractivity contribution in [3.8, 4) is 0 Å². The van der Waals surface area contributed by atoms with Gasteiger partial charge in [0.25, 0.3) is 0 Å². The van der Waals surface area contributed by atoms with Gasteiger partial charge in [0.1, 0.15) is 6.54 Å². The minimum atomic E-state index is -4.54. The minimum absolute atomic E-state index is 0.0844. The van der Waals surface area contributed by atoms with Crippen molar-refractivity contribution >= 4 is 5.91 Å². The second-order valence-corrected chi connectivity index (χ2v) is 5.51. The molecule has 1 N–H and O–H groups in total. The number of nitrogens with zero attached hydrogens (tertiary/aromatic N) is 3. The van der Waals surface area contributed by atoms with Gasteiger partial charge in [-0.3, -0.25) is 9.48 Å². The lowest BCUT2D eigenvalue weighted by Crippen LogP contribution is -2.38. The molecule has 1 amide bonds. The van der Waals surface area contributed by atoms with Crippen molar-refractivity contribution in [1.82, 2.24) is 14.7 Å². The molecule has 0 saturated carbocycles. The fourth-order valence-electron chi connectivity index (χ4n) is 2.22. The Hall–Kier alpha value is -2.35. The molecule has 0 spiro atoms. The summed E-state index contributed by atoms with van der Waals surface area (Å²) < 4.78 is 38.6. The van der Waals surface area contributed by atoms with E-state index in [2.05, 4.69) is 5.10 Å². The quantitative estimate of drug-likeness (QED) is 0.877. The number of hydrogen-bond donors (Lipinski definition) is 1. The minimum Gasteiger partial charge on any atom is -0.392 e. The fourth-order valence-corrected chi connectivity index (χ4v) is 2.22. The summed E-state index contributed by atoms with van der Waals surface area (Å²) in [6, 6.07) is 9.97. The first-order valence-electron chi connectivity index (χ1n) is 7.36. The summed E-state index contributed by atoms with van der Waals surface area (Å²) in [6.07, 6.45) is -4.18. The standard InChI is InChI=1S/C16H18F3N3O2/c1-12(23)9-21(10-13-5-3-2-4-6-13)15(24)11-22-8-7-14(20-22)16(17,18)19/h2-8,12,23H,9-11H2,1H3. The smallest absolute Gasteiger partial charge is 0.392 e. The molecule has 24 heavy (non-hydrogen) atoms. The van der Waals surface area contributed by atoms with Gasteiger partial charge in [0, 0.05) is 19.3 Å². The number of alkyl halides is 3. The van der Waals surface area contributed by atoms with Crippen LogP contribution < -0.4 is 0 Å². The summed E-state index contributed by atoms with van der Waals surface area (Å²) in [6.45, 7) is 1.57.